The second-order valence-electron chi connectivity index (χ2n) is 4.10. The van der Waals surface area contributed by atoms with Gasteiger partial charge in [0, 0.05) is 6.04 Å². The molecule has 0 saturated carbocycles. The van der Waals surface area contributed by atoms with Crippen LogP contribution in [-0.4, -0.2) is 0 Å². The zero-order chi connectivity index (χ0) is 10.6. The average Bonchev–Trinajstić information content (AvgIpc) is 2.17. The van der Waals surface area contributed by atoms with E-state index in [1.54, 1.807) is 6.08 Å². The van der Waals surface area contributed by atoms with Gasteiger partial charge in [0.1, 0.15) is 0 Å². The molecule has 0 saturated heterocycles. The van der Waals surface area contributed by atoms with Gasteiger partial charge in [0.15, 0.2) is 0 Å². The topological polar surface area (TPSA) is 26.0 Å². The van der Waals surface area contributed by atoms with Crippen LogP contribution in [0.15, 0.2) is 36.9 Å². The quantitative estimate of drug-likeness (QED) is 0.724. The largest absolute Gasteiger partial charge is 0.321 e. The normalized spacial score (nSPS) is 12.9. The summed E-state index contributed by atoms with van der Waals surface area (Å²) in [4.78, 5) is 0. The van der Waals surface area contributed by atoms with Crippen molar-refractivity contribution in [3.05, 3.63) is 48.0 Å². The molecule has 0 spiro atoms. The van der Waals surface area contributed by atoms with Crippen LogP contribution in [0.2, 0.25) is 0 Å². The maximum absolute atomic E-state index is 5.83. The Bertz CT molecular complexity index is 285. The molecule has 1 unspecified atom stereocenters. The molecule has 1 aromatic carbocycles. The Balaban J connectivity index is 2.73. The predicted molar refractivity (Wildman–Crippen MR) is 62.1 cm³/mol. The summed E-state index contributed by atoms with van der Waals surface area (Å²) in [6.07, 6.45) is 2.89. The lowest BCUT2D eigenvalue weighted by atomic mass is 10.00. The van der Waals surface area contributed by atoms with E-state index in [-0.39, 0.29) is 6.04 Å². The Labute approximate surface area is 86.6 Å². The first-order valence-corrected chi connectivity index (χ1v) is 5.10. The first-order valence-electron chi connectivity index (χ1n) is 5.10. The maximum Gasteiger partial charge on any atom is 0.0478 e. The highest BCUT2D eigenvalue weighted by Gasteiger charge is 2.01. The third-order valence-electron chi connectivity index (χ3n) is 2.26. The summed E-state index contributed by atoms with van der Waals surface area (Å²) >= 11 is 0. The fourth-order valence-corrected chi connectivity index (χ4v) is 1.48. The first kappa shape index (κ1) is 11.0. The van der Waals surface area contributed by atoms with E-state index in [4.69, 9.17) is 5.73 Å². The van der Waals surface area contributed by atoms with E-state index in [9.17, 15) is 0 Å². The van der Waals surface area contributed by atoms with Crippen LogP contribution in [0, 0.1) is 5.92 Å². The Morgan fingerprint density at radius 2 is 1.86 bits per heavy atom. The van der Waals surface area contributed by atoms with Gasteiger partial charge < -0.3 is 5.73 Å². The molecule has 1 aromatic rings. The number of nitrogens with two attached hydrogens (primary N) is 1. The summed E-state index contributed by atoms with van der Waals surface area (Å²) in [5.74, 6) is 0.703. The van der Waals surface area contributed by atoms with Gasteiger partial charge in [-0.3, -0.25) is 0 Å². The van der Waals surface area contributed by atoms with E-state index in [0.29, 0.717) is 5.92 Å². The van der Waals surface area contributed by atoms with Gasteiger partial charge in [-0.05, 0) is 23.5 Å². The van der Waals surface area contributed by atoms with Gasteiger partial charge in [-0.15, -0.1) is 6.58 Å². The van der Waals surface area contributed by atoms with Gasteiger partial charge in [-0.2, -0.15) is 0 Å². The lowest BCUT2D eigenvalue weighted by Gasteiger charge is -2.09. The summed E-state index contributed by atoms with van der Waals surface area (Å²) in [6, 6.07) is 8.44. The fourth-order valence-electron chi connectivity index (χ4n) is 1.48. The number of hydrogen-bond acceptors (Lipinski definition) is 1. The zero-order valence-corrected chi connectivity index (χ0v) is 9.03. The van der Waals surface area contributed by atoms with E-state index >= 15 is 0 Å². The summed E-state index contributed by atoms with van der Waals surface area (Å²) in [6.45, 7) is 8.13. The smallest absolute Gasteiger partial charge is 0.0478 e. The monoisotopic (exact) mass is 189 g/mol. The zero-order valence-electron chi connectivity index (χ0n) is 9.03. The average molecular weight is 189 g/mol. The minimum Gasteiger partial charge on any atom is -0.321 e. The molecule has 76 valence electrons. The van der Waals surface area contributed by atoms with Crippen LogP contribution in [0.3, 0.4) is 0 Å². The summed E-state index contributed by atoms with van der Waals surface area (Å²) in [5.41, 5.74) is 8.33. The molecule has 0 heterocycles. The number of benzene rings is 1. The van der Waals surface area contributed by atoms with Gasteiger partial charge in [-0.25, -0.2) is 0 Å². The lowest BCUT2D eigenvalue weighted by Crippen LogP contribution is -2.06. The van der Waals surface area contributed by atoms with Crippen LogP contribution in [0.25, 0.3) is 0 Å². The second kappa shape index (κ2) is 4.97. The second-order valence-corrected chi connectivity index (χ2v) is 4.10. The molecule has 0 aromatic heterocycles. The molecule has 0 bridgehead atoms. The fraction of sp³-hybridized carbons (Fsp3) is 0.385. The third-order valence-corrected chi connectivity index (χ3v) is 2.26. The van der Waals surface area contributed by atoms with Crippen molar-refractivity contribution in [3.8, 4) is 0 Å². The minimum absolute atomic E-state index is 0.0388. The number of rotatable bonds is 4. The van der Waals surface area contributed by atoms with Crippen molar-refractivity contribution in [2.75, 3.05) is 0 Å². The first-order chi connectivity index (χ1) is 6.63. The highest BCUT2D eigenvalue weighted by Crippen LogP contribution is 2.14. The van der Waals surface area contributed by atoms with Crippen LogP contribution >= 0.6 is 0 Å². The van der Waals surface area contributed by atoms with E-state index in [2.05, 4.69) is 44.7 Å². The SMILES string of the molecule is C=CC(N)c1ccc(CC(C)C)cc1. The molecule has 1 heteroatoms. The minimum atomic E-state index is -0.0388. The summed E-state index contributed by atoms with van der Waals surface area (Å²) < 4.78 is 0. The molecule has 1 atom stereocenters. The molecule has 14 heavy (non-hydrogen) atoms. The Hall–Kier alpha value is -1.08. The molecule has 1 nitrogen and oxygen atoms in total. The Morgan fingerprint density at radius 3 is 2.29 bits per heavy atom. The van der Waals surface area contributed by atoms with Crippen molar-refractivity contribution >= 4 is 0 Å². The van der Waals surface area contributed by atoms with E-state index in [1.165, 1.54) is 5.56 Å². The van der Waals surface area contributed by atoms with Crippen molar-refractivity contribution in [3.63, 3.8) is 0 Å². The van der Waals surface area contributed by atoms with E-state index < -0.39 is 0 Å². The van der Waals surface area contributed by atoms with E-state index in [0.717, 1.165) is 12.0 Å². The molecule has 0 fully saturated rings. The molecule has 0 aliphatic rings. The summed E-state index contributed by atoms with van der Waals surface area (Å²) in [5, 5.41) is 0. The Morgan fingerprint density at radius 1 is 1.29 bits per heavy atom. The molecule has 0 aliphatic carbocycles. The van der Waals surface area contributed by atoms with Crippen molar-refractivity contribution in [2.24, 2.45) is 11.7 Å². The highest BCUT2D eigenvalue weighted by atomic mass is 14.6. The lowest BCUT2D eigenvalue weighted by molar-refractivity contribution is 0.647. The van der Waals surface area contributed by atoms with Crippen molar-refractivity contribution < 1.29 is 0 Å². The van der Waals surface area contributed by atoms with Gasteiger partial charge in [0.2, 0.25) is 0 Å². The standard InChI is InChI=1S/C13H19N/c1-4-13(14)12-7-5-11(6-8-12)9-10(2)3/h4-8,10,13H,1,9,14H2,2-3H3. The van der Waals surface area contributed by atoms with Crippen LogP contribution in [0.4, 0.5) is 0 Å². The van der Waals surface area contributed by atoms with Crippen LogP contribution in [0.1, 0.15) is 31.0 Å². The maximum atomic E-state index is 5.83. The van der Waals surface area contributed by atoms with Crippen molar-refractivity contribution in [2.45, 2.75) is 26.3 Å². The van der Waals surface area contributed by atoms with Crippen LogP contribution in [0.5, 0.6) is 0 Å². The molecule has 0 radical (unpaired) electrons. The molecular formula is C13H19N. The predicted octanol–water partition coefficient (Wildman–Crippen LogP) is 3.07. The van der Waals surface area contributed by atoms with Crippen molar-refractivity contribution in [1.82, 2.24) is 0 Å². The third kappa shape index (κ3) is 3.00. The van der Waals surface area contributed by atoms with Gasteiger partial charge in [0.05, 0.1) is 0 Å². The molecular weight excluding hydrogens is 170 g/mol. The van der Waals surface area contributed by atoms with E-state index in [1.807, 2.05) is 0 Å². The van der Waals surface area contributed by atoms with Crippen molar-refractivity contribution in [1.29, 1.82) is 0 Å². The highest BCUT2D eigenvalue weighted by molar-refractivity contribution is 5.27. The van der Waals surface area contributed by atoms with Gasteiger partial charge in [0.25, 0.3) is 0 Å². The molecule has 2 N–H and O–H groups in total. The van der Waals surface area contributed by atoms with Crippen LogP contribution in [-0.2, 0) is 6.42 Å². The number of hydrogen-bond donors (Lipinski definition) is 1. The Kier molecular flexibility index (Phi) is 3.90. The molecule has 0 aliphatic heterocycles. The van der Waals surface area contributed by atoms with Gasteiger partial charge >= 0.3 is 0 Å². The van der Waals surface area contributed by atoms with Crippen LogP contribution < -0.4 is 5.73 Å². The molecule has 0 amide bonds. The summed E-state index contributed by atoms with van der Waals surface area (Å²) in [7, 11) is 0. The van der Waals surface area contributed by atoms with Gasteiger partial charge in [-0.1, -0.05) is 44.2 Å². The molecule has 1 rings (SSSR count).